The van der Waals surface area contributed by atoms with Gasteiger partial charge < -0.3 is 0 Å². The van der Waals surface area contributed by atoms with E-state index in [0.717, 1.165) is 25.7 Å². The summed E-state index contributed by atoms with van der Waals surface area (Å²) in [6.45, 7) is 1.60. The SMILES string of the molecule is C[C@@H](CC1(F)CCCC1)C(=O)CC1(C(=O)C(=O)CC2CC2)CC(F)(F)C1. The van der Waals surface area contributed by atoms with E-state index in [9.17, 15) is 27.6 Å². The molecule has 3 saturated carbocycles. The Morgan fingerprint density at radius 1 is 1.04 bits per heavy atom. The van der Waals surface area contributed by atoms with Crippen LogP contribution in [0.3, 0.4) is 0 Å². The Kier molecular flexibility index (Phi) is 5.08. The van der Waals surface area contributed by atoms with Crippen molar-refractivity contribution in [2.45, 2.75) is 89.1 Å². The quantitative estimate of drug-likeness (QED) is 0.556. The lowest BCUT2D eigenvalue weighted by Crippen LogP contribution is -2.54. The van der Waals surface area contributed by atoms with E-state index in [4.69, 9.17) is 0 Å². The zero-order valence-electron chi connectivity index (χ0n) is 15.3. The number of rotatable bonds is 9. The molecule has 0 bridgehead atoms. The lowest BCUT2D eigenvalue weighted by Gasteiger charge is -2.45. The van der Waals surface area contributed by atoms with Crippen LogP contribution in [0.5, 0.6) is 0 Å². The van der Waals surface area contributed by atoms with Crippen LogP contribution in [0.2, 0.25) is 0 Å². The van der Waals surface area contributed by atoms with Gasteiger partial charge in [0.2, 0.25) is 11.7 Å². The smallest absolute Gasteiger partial charge is 0.250 e. The Hall–Kier alpha value is -1.20. The van der Waals surface area contributed by atoms with Gasteiger partial charge >= 0.3 is 0 Å². The predicted octanol–water partition coefficient (Wildman–Crippen LogP) is 4.61. The molecule has 0 N–H and O–H groups in total. The fourth-order valence-electron chi connectivity index (χ4n) is 4.66. The van der Waals surface area contributed by atoms with Crippen molar-refractivity contribution in [1.82, 2.24) is 0 Å². The van der Waals surface area contributed by atoms with Gasteiger partial charge in [-0.15, -0.1) is 0 Å². The normalized spacial score (nSPS) is 26.8. The second-order valence-electron chi connectivity index (χ2n) is 9.00. The molecule has 0 heterocycles. The molecule has 3 fully saturated rings. The average molecular weight is 372 g/mol. The van der Waals surface area contributed by atoms with Gasteiger partial charge in [0.05, 0.1) is 5.41 Å². The van der Waals surface area contributed by atoms with Crippen molar-refractivity contribution < 1.29 is 27.6 Å². The Morgan fingerprint density at radius 2 is 1.62 bits per heavy atom. The number of ketones is 3. The number of halogens is 3. The number of carbonyl (C=O) groups is 3. The van der Waals surface area contributed by atoms with Gasteiger partial charge in [0.1, 0.15) is 11.5 Å². The van der Waals surface area contributed by atoms with E-state index in [1.165, 1.54) is 0 Å². The molecule has 0 aliphatic heterocycles. The monoisotopic (exact) mass is 372 g/mol. The van der Waals surface area contributed by atoms with Crippen LogP contribution in [0.15, 0.2) is 0 Å². The summed E-state index contributed by atoms with van der Waals surface area (Å²) in [7, 11) is 0. The highest BCUT2D eigenvalue weighted by molar-refractivity contribution is 6.39. The van der Waals surface area contributed by atoms with Crippen LogP contribution < -0.4 is 0 Å². The molecule has 0 saturated heterocycles. The number of hydrogen-bond donors (Lipinski definition) is 0. The molecule has 0 amide bonds. The predicted molar refractivity (Wildman–Crippen MR) is 89.7 cm³/mol. The van der Waals surface area contributed by atoms with Gasteiger partial charge in [-0.05, 0) is 38.0 Å². The summed E-state index contributed by atoms with van der Waals surface area (Å²) in [5, 5.41) is 0. The third-order valence-electron chi connectivity index (χ3n) is 6.33. The zero-order chi connectivity index (χ0) is 19.2. The molecule has 26 heavy (non-hydrogen) atoms. The van der Waals surface area contributed by atoms with E-state index in [-0.39, 0.29) is 31.0 Å². The van der Waals surface area contributed by atoms with E-state index in [0.29, 0.717) is 12.8 Å². The van der Waals surface area contributed by atoms with Crippen LogP contribution in [0, 0.1) is 17.3 Å². The zero-order valence-corrected chi connectivity index (χ0v) is 15.3. The molecule has 3 nitrogen and oxygen atoms in total. The third-order valence-corrected chi connectivity index (χ3v) is 6.33. The third kappa shape index (κ3) is 4.20. The molecule has 0 unspecified atom stereocenters. The van der Waals surface area contributed by atoms with E-state index < -0.39 is 47.3 Å². The second kappa shape index (κ2) is 6.75. The summed E-state index contributed by atoms with van der Waals surface area (Å²) in [5.74, 6) is -5.26. The van der Waals surface area contributed by atoms with Crippen LogP contribution in [0.4, 0.5) is 13.2 Å². The Labute approximate surface area is 152 Å². The van der Waals surface area contributed by atoms with E-state index in [2.05, 4.69) is 0 Å². The summed E-state index contributed by atoms with van der Waals surface area (Å²) in [4.78, 5) is 37.3. The molecule has 0 aromatic heterocycles. The van der Waals surface area contributed by atoms with E-state index in [1.54, 1.807) is 6.92 Å². The van der Waals surface area contributed by atoms with Gasteiger partial charge in [-0.1, -0.05) is 19.8 Å². The first-order chi connectivity index (χ1) is 12.0. The van der Waals surface area contributed by atoms with Crippen molar-refractivity contribution in [3.05, 3.63) is 0 Å². The Balaban J connectivity index is 1.64. The fourth-order valence-corrected chi connectivity index (χ4v) is 4.66. The van der Waals surface area contributed by atoms with Crippen molar-refractivity contribution in [1.29, 1.82) is 0 Å². The maximum atomic E-state index is 14.6. The van der Waals surface area contributed by atoms with Gasteiger partial charge in [-0.2, -0.15) is 0 Å². The summed E-state index contributed by atoms with van der Waals surface area (Å²) >= 11 is 0. The lowest BCUT2D eigenvalue weighted by molar-refractivity contribution is -0.182. The van der Waals surface area contributed by atoms with Crippen LogP contribution in [0.1, 0.15) is 77.6 Å². The van der Waals surface area contributed by atoms with Crippen LogP contribution in [-0.2, 0) is 14.4 Å². The molecule has 3 aliphatic carbocycles. The minimum absolute atomic E-state index is 0.0719. The van der Waals surface area contributed by atoms with Crippen molar-refractivity contribution in [3.8, 4) is 0 Å². The van der Waals surface area contributed by atoms with Gasteiger partial charge in [0.25, 0.3) is 0 Å². The van der Waals surface area contributed by atoms with Crippen LogP contribution in [0.25, 0.3) is 0 Å². The minimum atomic E-state index is -3.01. The van der Waals surface area contributed by atoms with Gasteiger partial charge in [-0.25, -0.2) is 13.2 Å². The summed E-state index contributed by atoms with van der Waals surface area (Å²) in [6.07, 6.45) is 2.53. The van der Waals surface area contributed by atoms with Crippen molar-refractivity contribution in [3.63, 3.8) is 0 Å². The first-order valence-electron chi connectivity index (χ1n) is 9.71. The summed E-state index contributed by atoms with van der Waals surface area (Å²) in [6, 6.07) is 0. The fraction of sp³-hybridized carbons (Fsp3) is 0.850. The number of alkyl halides is 3. The molecule has 146 valence electrons. The molecular formula is C20H27F3O3. The molecule has 3 rings (SSSR count). The lowest BCUT2D eigenvalue weighted by atomic mass is 9.59. The summed E-state index contributed by atoms with van der Waals surface area (Å²) < 4.78 is 41.7. The molecule has 6 heteroatoms. The first kappa shape index (κ1) is 19.6. The number of hydrogen-bond acceptors (Lipinski definition) is 3. The first-order valence-corrected chi connectivity index (χ1v) is 9.71. The van der Waals surface area contributed by atoms with Crippen LogP contribution in [-0.4, -0.2) is 28.9 Å². The Morgan fingerprint density at radius 3 is 2.12 bits per heavy atom. The number of carbonyl (C=O) groups excluding carboxylic acids is 3. The molecule has 0 radical (unpaired) electrons. The van der Waals surface area contributed by atoms with Crippen LogP contribution >= 0.6 is 0 Å². The van der Waals surface area contributed by atoms with Gasteiger partial charge in [0, 0.05) is 31.6 Å². The molecule has 1 atom stereocenters. The summed E-state index contributed by atoms with van der Waals surface area (Å²) in [5.41, 5.74) is -2.93. The highest BCUT2D eigenvalue weighted by atomic mass is 19.3. The van der Waals surface area contributed by atoms with Crippen molar-refractivity contribution in [2.75, 3.05) is 0 Å². The highest BCUT2D eigenvalue weighted by Gasteiger charge is 2.62. The Bertz CT molecular complexity index is 595. The number of Topliss-reactive ketones (excluding diaryl/α,β-unsaturated/α-hetero) is 3. The second-order valence-corrected chi connectivity index (χ2v) is 9.00. The molecule has 0 aromatic carbocycles. The molecular weight excluding hydrogens is 345 g/mol. The topological polar surface area (TPSA) is 51.2 Å². The average Bonchev–Trinajstić information content (AvgIpc) is 3.23. The largest absolute Gasteiger partial charge is 0.299 e. The highest BCUT2D eigenvalue weighted by Crippen LogP contribution is 2.55. The van der Waals surface area contributed by atoms with Gasteiger partial charge in [0.15, 0.2) is 5.78 Å². The van der Waals surface area contributed by atoms with Crippen molar-refractivity contribution >= 4 is 17.3 Å². The van der Waals surface area contributed by atoms with E-state index >= 15 is 0 Å². The van der Waals surface area contributed by atoms with Gasteiger partial charge in [-0.3, -0.25) is 14.4 Å². The molecule has 0 aromatic rings. The molecule has 0 spiro atoms. The maximum Gasteiger partial charge on any atom is 0.250 e. The standard InChI is InChI=1S/C20H27F3O3/c1-13(9-19(21)6-2-3-7-19)16(25)10-18(11-20(22,23)12-18)17(26)15(24)8-14-4-5-14/h13-14H,2-12H2,1H3/t13-/m0/s1. The molecule has 3 aliphatic rings. The maximum absolute atomic E-state index is 14.6. The van der Waals surface area contributed by atoms with E-state index in [1.807, 2.05) is 0 Å². The minimum Gasteiger partial charge on any atom is -0.299 e. The van der Waals surface area contributed by atoms with Crippen molar-refractivity contribution in [2.24, 2.45) is 17.3 Å².